The number of nitrogen functional groups attached to an aromatic ring is 1. The Balaban J connectivity index is 2.34. The highest BCUT2D eigenvalue weighted by atomic mass is 127. The molecular formula is C12H14ClIN4O2S. The Morgan fingerprint density at radius 3 is 2.81 bits per heavy atom. The minimum Gasteiger partial charge on any atom is -0.381 e. The van der Waals surface area contributed by atoms with Gasteiger partial charge >= 0.3 is 0 Å². The highest BCUT2D eigenvalue weighted by Gasteiger charge is 2.22. The summed E-state index contributed by atoms with van der Waals surface area (Å²) in [7, 11) is -3.78. The third kappa shape index (κ3) is 3.80. The second-order valence-electron chi connectivity index (χ2n) is 4.37. The van der Waals surface area contributed by atoms with Gasteiger partial charge in [0.25, 0.3) is 10.0 Å². The zero-order valence-electron chi connectivity index (χ0n) is 11.2. The minimum atomic E-state index is -3.78. The fourth-order valence-corrected chi connectivity index (χ4v) is 4.08. The van der Waals surface area contributed by atoms with Crippen molar-refractivity contribution in [1.29, 1.82) is 0 Å². The van der Waals surface area contributed by atoms with Crippen molar-refractivity contribution >= 4 is 55.7 Å². The summed E-state index contributed by atoms with van der Waals surface area (Å²) in [5.41, 5.74) is 6.15. The Hall–Kier alpha value is -1.000. The molecule has 0 atom stereocenters. The molecule has 21 heavy (non-hydrogen) atoms. The van der Waals surface area contributed by atoms with Gasteiger partial charge in [0, 0.05) is 21.3 Å². The van der Waals surface area contributed by atoms with Crippen LogP contribution in [0.25, 0.3) is 0 Å². The first kappa shape index (κ1) is 16.4. The molecule has 0 aliphatic carbocycles. The van der Waals surface area contributed by atoms with Gasteiger partial charge in [-0.15, -0.1) is 0 Å². The van der Waals surface area contributed by atoms with Crippen molar-refractivity contribution in [2.24, 2.45) is 0 Å². The molecule has 0 bridgehead atoms. The number of nitrogens with two attached hydrogens (primary N) is 1. The zero-order valence-corrected chi connectivity index (χ0v) is 14.9. The van der Waals surface area contributed by atoms with Gasteiger partial charge in [-0.1, -0.05) is 18.5 Å². The average Bonchev–Trinajstić information content (AvgIpc) is 2.75. The first-order chi connectivity index (χ1) is 9.83. The summed E-state index contributed by atoms with van der Waals surface area (Å²) in [6, 6.07) is 4.89. The Labute approximate surface area is 141 Å². The van der Waals surface area contributed by atoms with E-state index in [2.05, 4.69) is 9.82 Å². The molecule has 0 aliphatic rings. The van der Waals surface area contributed by atoms with Crippen molar-refractivity contribution in [2.75, 3.05) is 10.5 Å². The maximum atomic E-state index is 12.4. The Bertz CT molecular complexity index is 761. The third-order valence-corrected chi connectivity index (χ3v) is 5.18. The highest BCUT2D eigenvalue weighted by Crippen LogP contribution is 2.26. The number of anilines is 2. The summed E-state index contributed by atoms with van der Waals surface area (Å²) in [6.45, 7) is 2.58. The molecule has 2 aromatic rings. The van der Waals surface area contributed by atoms with Crippen LogP contribution in [0.15, 0.2) is 29.3 Å². The fraction of sp³-hybridized carbons (Fsp3) is 0.250. The minimum absolute atomic E-state index is 0.0140. The molecule has 1 heterocycles. The summed E-state index contributed by atoms with van der Waals surface area (Å²) in [5.74, 6) is -0.0140. The van der Waals surface area contributed by atoms with E-state index >= 15 is 0 Å². The SMILES string of the molecule is CCCn1cc(S(=O)(=O)Nc2ccc(Cl)cc2I)c(N)n1. The first-order valence-corrected chi connectivity index (χ1v) is 9.08. The number of aromatic nitrogens is 2. The molecule has 0 aliphatic heterocycles. The predicted octanol–water partition coefficient (Wildman–Crippen LogP) is 2.93. The quantitative estimate of drug-likeness (QED) is 0.700. The first-order valence-electron chi connectivity index (χ1n) is 6.14. The van der Waals surface area contributed by atoms with Gasteiger partial charge in [-0.25, -0.2) is 8.42 Å². The monoisotopic (exact) mass is 440 g/mol. The van der Waals surface area contributed by atoms with Crippen LogP contribution in [0.3, 0.4) is 0 Å². The second kappa shape index (κ2) is 6.41. The predicted molar refractivity (Wildman–Crippen MR) is 91.9 cm³/mol. The normalized spacial score (nSPS) is 11.6. The van der Waals surface area contributed by atoms with Crippen LogP contribution in [0.4, 0.5) is 11.5 Å². The van der Waals surface area contributed by atoms with Gasteiger partial charge in [-0.3, -0.25) is 9.40 Å². The molecule has 0 saturated carbocycles. The van der Waals surface area contributed by atoms with Gasteiger partial charge in [-0.2, -0.15) is 5.10 Å². The van der Waals surface area contributed by atoms with Crippen LogP contribution >= 0.6 is 34.2 Å². The molecule has 114 valence electrons. The summed E-state index contributed by atoms with van der Waals surface area (Å²) in [5, 5.41) is 4.54. The number of hydrogen-bond acceptors (Lipinski definition) is 4. The Kier molecular flexibility index (Phi) is 4.99. The van der Waals surface area contributed by atoms with Crippen LogP contribution < -0.4 is 10.5 Å². The number of benzene rings is 1. The van der Waals surface area contributed by atoms with Crippen molar-refractivity contribution in [3.63, 3.8) is 0 Å². The molecule has 0 spiro atoms. The van der Waals surface area contributed by atoms with E-state index in [-0.39, 0.29) is 10.7 Å². The van der Waals surface area contributed by atoms with Crippen LogP contribution in [0.2, 0.25) is 5.02 Å². The molecule has 0 fully saturated rings. The lowest BCUT2D eigenvalue weighted by Gasteiger charge is -2.09. The number of sulfonamides is 1. The number of rotatable bonds is 5. The fourth-order valence-electron chi connectivity index (χ4n) is 1.74. The van der Waals surface area contributed by atoms with E-state index in [1.807, 2.05) is 29.5 Å². The average molecular weight is 441 g/mol. The number of aryl methyl sites for hydroxylation is 1. The van der Waals surface area contributed by atoms with Crippen LogP contribution in [0.1, 0.15) is 13.3 Å². The van der Waals surface area contributed by atoms with Crippen LogP contribution in [0, 0.1) is 3.57 Å². The number of hydrogen-bond donors (Lipinski definition) is 2. The molecule has 0 amide bonds. The maximum Gasteiger partial charge on any atom is 0.267 e. The lowest BCUT2D eigenvalue weighted by Crippen LogP contribution is -2.14. The summed E-state index contributed by atoms with van der Waals surface area (Å²) in [6.07, 6.45) is 2.27. The smallest absolute Gasteiger partial charge is 0.267 e. The molecular weight excluding hydrogens is 427 g/mol. The molecule has 1 aromatic heterocycles. The van der Waals surface area contributed by atoms with Crippen LogP contribution in [-0.2, 0) is 16.6 Å². The molecule has 3 N–H and O–H groups in total. The molecule has 1 aromatic carbocycles. The van der Waals surface area contributed by atoms with Gasteiger partial charge in [0.15, 0.2) is 5.82 Å². The summed E-state index contributed by atoms with van der Waals surface area (Å²) < 4.78 is 29.5. The Morgan fingerprint density at radius 1 is 1.48 bits per heavy atom. The molecule has 0 radical (unpaired) electrons. The highest BCUT2D eigenvalue weighted by molar-refractivity contribution is 14.1. The second-order valence-corrected chi connectivity index (χ2v) is 7.62. The molecule has 0 saturated heterocycles. The van der Waals surface area contributed by atoms with E-state index in [0.717, 1.165) is 6.42 Å². The molecule has 9 heteroatoms. The van der Waals surface area contributed by atoms with Gasteiger partial charge < -0.3 is 5.73 Å². The van der Waals surface area contributed by atoms with E-state index in [1.54, 1.807) is 18.2 Å². The summed E-state index contributed by atoms with van der Waals surface area (Å²) in [4.78, 5) is -0.0262. The van der Waals surface area contributed by atoms with Crippen molar-refractivity contribution in [2.45, 2.75) is 24.8 Å². The number of halogens is 2. The topological polar surface area (TPSA) is 90.0 Å². The van der Waals surface area contributed by atoms with E-state index < -0.39 is 10.0 Å². The number of nitrogens with one attached hydrogen (secondary N) is 1. The van der Waals surface area contributed by atoms with Crippen LogP contribution in [0.5, 0.6) is 0 Å². The largest absolute Gasteiger partial charge is 0.381 e. The molecule has 0 unspecified atom stereocenters. The molecule has 6 nitrogen and oxygen atoms in total. The van der Waals surface area contributed by atoms with Gasteiger partial charge in [0.05, 0.1) is 5.69 Å². The van der Waals surface area contributed by atoms with Gasteiger partial charge in [-0.05, 0) is 47.2 Å². The van der Waals surface area contributed by atoms with Crippen molar-refractivity contribution < 1.29 is 8.42 Å². The van der Waals surface area contributed by atoms with E-state index in [4.69, 9.17) is 17.3 Å². The standard InChI is InChI=1S/C12H14ClIN4O2S/c1-2-5-18-7-11(12(15)16-18)21(19,20)17-10-4-3-8(13)6-9(10)14/h3-4,6-7,17H,2,5H2,1H3,(H2,15,16). The van der Waals surface area contributed by atoms with Gasteiger partial charge in [0.2, 0.25) is 0 Å². The molecule has 2 rings (SSSR count). The number of nitrogens with zero attached hydrogens (tertiary/aromatic N) is 2. The van der Waals surface area contributed by atoms with Crippen molar-refractivity contribution in [1.82, 2.24) is 9.78 Å². The Morgan fingerprint density at radius 2 is 2.19 bits per heavy atom. The van der Waals surface area contributed by atoms with Crippen molar-refractivity contribution in [3.8, 4) is 0 Å². The lowest BCUT2D eigenvalue weighted by molar-refractivity contribution is 0.595. The summed E-state index contributed by atoms with van der Waals surface area (Å²) >= 11 is 7.86. The maximum absolute atomic E-state index is 12.4. The van der Waals surface area contributed by atoms with E-state index in [0.29, 0.717) is 20.8 Å². The lowest BCUT2D eigenvalue weighted by atomic mass is 10.3. The van der Waals surface area contributed by atoms with Gasteiger partial charge in [0.1, 0.15) is 4.90 Å². The zero-order chi connectivity index (χ0) is 15.6. The van der Waals surface area contributed by atoms with E-state index in [9.17, 15) is 8.42 Å². The van der Waals surface area contributed by atoms with Crippen LogP contribution in [-0.4, -0.2) is 18.2 Å². The van der Waals surface area contributed by atoms with E-state index in [1.165, 1.54) is 10.9 Å². The third-order valence-electron chi connectivity index (χ3n) is 2.67. The van der Waals surface area contributed by atoms with Crippen molar-refractivity contribution in [3.05, 3.63) is 33.0 Å².